The fourth-order valence-electron chi connectivity index (χ4n) is 3.55. The van der Waals surface area contributed by atoms with Crippen molar-refractivity contribution in [2.75, 3.05) is 24.5 Å². The zero-order valence-electron chi connectivity index (χ0n) is 14.3. The minimum absolute atomic E-state index is 0.454. The standard InChI is InChI=1S/C20H25N3O/c1-2-23(20-18(16-24)9-6-12-21-20)19-10-13-22(14-11-19)15-17-7-4-3-5-8-17/h3-9,12,16,19H,2,10-11,13-15H2,1H3. The van der Waals surface area contributed by atoms with Gasteiger partial charge in [-0.1, -0.05) is 30.3 Å². The molecular weight excluding hydrogens is 298 g/mol. The lowest BCUT2D eigenvalue weighted by atomic mass is 10.0. The van der Waals surface area contributed by atoms with Gasteiger partial charge >= 0.3 is 0 Å². The van der Waals surface area contributed by atoms with Gasteiger partial charge in [-0.25, -0.2) is 4.98 Å². The number of carbonyl (C=O) groups excluding carboxylic acids is 1. The molecule has 1 aliphatic rings. The molecule has 0 N–H and O–H groups in total. The molecule has 3 rings (SSSR count). The van der Waals surface area contributed by atoms with E-state index in [9.17, 15) is 4.79 Å². The van der Waals surface area contributed by atoms with E-state index in [4.69, 9.17) is 0 Å². The van der Waals surface area contributed by atoms with Crippen LogP contribution in [0.25, 0.3) is 0 Å². The third-order valence-corrected chi connectivity index (χ3v) is 4.80. The van der Waals surface area contributed by atoms with Gasteiger partial charge in [-0.2, -0.15) is 0 Å². The number of anilines is 1. The maximum atomic E-state index is 11.3. The molecule has 0 unspecified atom stereocenters. The predicted octanol–water partition coefficient (Wildman–Crippen LogP) is 3.39. The largest absolute Gasteiger partial charge is 0.353 e. The number of likely N-dealkylation sites (tertiary alicyclic amines) is 1. The smallest absolute Gasteiger partial charge is 0.153 e. The first-order chi connectivity index (χ1) is 11.8. The Morgan fingerprint density at radius 2 is 1.92 bits per heavy atom. The van der Waals surface area contributed by atoms with Gasteiger partial charge in [-0.05, 0) is 37.5 Å². The van der Waals surface area contributed by atoms with Crippen molar-refractivity contribution in [1.29, 1.82) is 0 Å². The number of rotatable bonds is 6. The average molecular weight is 323 g/mol. The maximum Gasteiger partial charge on any atom is 0.153 e. The number of hydrogen-bond donors (Lipinski definition) is 0. The van der Waals surface area contributed by atoms with Crippen molar-refractivity contribution < 1.29 is 4.79 Å². The SMILES string of the molecule is CCN(c1ncccc1C=O)C1CCN(Cc2ccccc2)CC1. The highest BCUT2D eigenvalue weighted by atomic mass is 16.1. The second-order valence-corrected chi connectivity index (χ2v) is 6.31. The maximum absolute atomic E-state index is 11.3. The van der Waals surface area contributed by atoms with Gasteiger partial charge in [0.1, 0.15) is 5.82 Å². The first kappa shape index (κ1) is 16.7. The second-order valence-electron chi connectivity index (χ2n) is 6.31. The lowest BCUT2D eigenvalue weighted by Gasteiger charge is -2.39. The molecule has 0 saturated carbocycles. The summed E-state index contributed by atoms with van der Waals surface area (Å²) in [7, 11) is 0. The summed E-state index contributed by atoms with van der Waals surface area (Å²) in [6, 6.07) is 14.8. The van der Waals surface area contributed by atoms with E-state index in [2.05, 4.69) is 52.0 Å². The second kappa shape index (κ2) is 8.06. The molecule has 4 heteroatoms. The van der Waals surface area contributed by atoms with E-state index in [0.29, 0.717) is 11.6 Å². The first-order valence-corrected chi connectivity index (χ1v) is 8.75. The van der Waals surface area contributed by atoms with Crippen molar-refractivity contribution in [2.24, 2.45) is 0 Å². The van der Waals surface area contributed by atoms with Gasteiger partial charge in [0, 0.05) is 38.4 Å². The zero-order chi connectivity index (χ0) is 16.8. The number of hydrogen-bond acceptors (Lipinski definition) is 4. The number of carbonyl (C=O) groups is 1. The van der Waals surface area contributed by atoms with Crippen molar-refractivity contribution in [3.63, 3.8) is 0 Å². The van der Waals surface area contributed by atoms with Crippen molar-refractivity contribution >= 4 is 12.1 Å². The van der Waals surface area contributed by atoms with Crippen LogP contribution in [-0.4, -0.2) is 41.8 Å². The van der Waals surface area contributed by atoms with Gasteiger partial charge in [0.25, 0.3) is 0 Å². The van der Waals surface area contributed by atoms with Crippen LogP contribution in [0.5, 0.6) is 0 Å². The molecular formula is C20H25N3O. The molecule has 24 heavy (non-hydrogen) atoms. The molecule has 126 valence electrons. The van der Waals surface area contributed by atoms with Crippen LogP contribution in [0.4, 0.5) is 5.82 Å². The molecule has 0 bridgehead atoms. The number of pyridine rings is 1. The van der Waals surface area contributed by atoms with E-state index in [0.717, 1.165) is 51.1 Å². The van der Waals surface area contributed by atoms with E-state index in [-0.39, 0.29) is 0 Å². The van der Waals surface area contributed by atoms with Crippen molar-refractivity contribution in [3.8, 4) is 0 Å². The molecule has 4 nitrogen and oxygen atoms in total. The van der Waals surface area contributed by atoms with E-state index in [1.807, 2.05) is 12.1 Å². The first-order valence-electron chi connectivity index (χ1n) is 8.75. The van der Waals surface area contributed by atoms with Gasteiger partial charge in [0.2, 0.25) is 0 Å². The molecule has 1 fully saturated rings. The minimum atomic E-state index is 0.454. The fraction of sp³-hybridized carbons (Fsp3) is 0.400. The highest BCUT2D eigenvalue weighted by Gasteiger charge is 2.25. The lowest BCUT2D eigenvalue weighted by molar-refractivity contribution is 0.112. The zero-order valence-corrected chi connectivity index (χ0v) is 14.3. The number of benzene rings is 1. The van der Waals surface area contributed by atoms with Gasteiger partial charge in [-0.15, -0.1) is 0 Å². The van der Waals surface area contributed by atoms with E-state index >= 15 is 0 Å². The normalized spacial score (nSPS) is 16.0. The molecule has 0 aliphatic carbocycles. The molecule has 2 aromatic rings. The number of nitrogens with zero attached hydrogens (tertiary/aromatic N) is 3. The van der Waals surface area contributed by atoms with Crippen LogP contribution >= 0.6 is 0 Å². The molecule has 0 atom stereocenters. The van der Waals surface area contributed by atoms with Crippen LogP contribution in [0, 0.1) is 0 Å². The number of aromatic nitrogens is 1. The van der Waals surface area contributed by atoms with Crippen LogP contribution < -0.4 is 4.90 Å². The topological polar surface area (TPSA) is 36.4 Å². The van der Waals surface area contributed by atoms with Crippen LogP contribution in [-0.2, 0) is 6.54 Å². The van der Waals surface area contributed by atoms with Gasteiger partial charge in [0.15, 0.2) is 6.29 Å². The molecule has 0 amide bonds. The van der Waals surface area contributed by atoms with E-state index in [1.54, 1.807) is 6.20 Å². The highest BCUT2D eigenvalue weighted by molar-refractivity contribution is 5.82. The van der Waals surface area contributed by atoms with E-state index < -0.39 is 0 Å². The summed E-state index contributed by atoms with van der Waals surface area (Å²) < 4.78 is 0. The van der Waals surface area contributed by atoms with Gasteiger partial charge in [-0.3, -0.25) is 9.69 Å². The van der Waals surface area contributed by atoms with Crippen LogP contribution in [0.3, 0.4) is 0 Å². The summed E-state index contributed by atoms with van der Waals surface area (Å²) >= 11 is 0. The average Bonchev–Trinajstić information content (AvgIpc) is 2.65. The summed E-state index contributed by atoms with van der Waals surface area (Å²) in [5.74, 6) is 0.830. The fourth-order valence-corrected chi connectivity index (χ4v) is 3.55. The van der Waals surface area contributed by atoms with E-state index in [1.165, 1.54) is 5.56 Å². The predicted molar refractivity (Wildman–Crippen MR) is 97.4 cm³/mol. The Labute approximate surface area is 144 Å². The summed E-state index contributed by atoms with van der Waals surface area (Å²) in [5.41, 5.74) is 2.06. The summed E-state index contributed by atoms with van der Waals surface area (Å²) in [6.45, 7) is 6.20. The van der Waals surface area contributed by atoms with Gasteiger partial charge < -0.3 is 4.90 Å². The monoisotopic (exact) mass is 323 g/mol. The lowest BCUT2D eigenvalue weighted by Crippen LogP contribution is -2.45. The Kier molecular flexibility index (Phi) is 5.59. The Hall–Kier alpha value is -2.20. The molecule has 1 aromatic carbocycles. The molecule has 1 aliphatic heterocycles. The molecule has 0 radical (unpaired) electrons. The number of aldehydes is 1. The van der Waals surface area contributed by atoms with Crippen molar-refractivity contribution in [2.45, 2.75) is 32.4 Å². The molecule has 2 heterocycles. The Morgan fingerprint density at radius 1 is 1.17 bits per heavy atom. The third kappa shape index (κ3) is 3.82. The van der Waals surface area contributed by atoms with Gasteiger partial charge in [0.05, 0.1) is 5.56 Å². The van der Waals surface area contributed by atoms with Crippen LogP contribution in [0.2, 0.25) is 0 Å². The van der Waals surface area contributed by atoms with Crippen molar-refractivity contribution in [1.82, 2.24) is 9.88 Å². The quantitative estimate of drug-likeness (QED) is 0.764. The summed E-state index contributed by atoms with van der Waals surface area (Å²) in [4.78, 5) is 20.6. The summed E-state index contributed by atoms with van der Waals surface area (Å²) in [6.07, 6.45) is 4.90. The Balaban J connectivity index is 1.63. The minimum Gasteiger partial charge on any atom is -0.353 e. The Bertz CT molecular complexity index is 651. The summed E-state index contributed by atoms with van der Waals surface area (Å²) in [5, 5.41) is 0. The Morgan fingerprint density at radius 3 is 2.58 bits per heavy atom. The molecule has 1 saturated heterocycles. The van der Waals surface area contributed by atoms with Crippen molar-refractivity contribution in [3.05, 3.63) is 59.8 Å². The molecule has 0 spiro atoms. The van der Waals surface area contributed by atoms with Crippen LogP contribution in [0.15, 0.2) is 48.7 Å². The van der Waals surface area contributed by atoms with Crippen LogP contribution in [0.1, 0.15) is 35.7 Å². The third-order valence-electron chi connectivity index (χ3n) is 4.80. The highest BCUT2D eigenvalue weighted by Crippen LogP contribution is 2.24. The molecule has 1 aromatic heterocycles. The number of piperidine rings is 1.